The molecule has 3 rings (SSSR count). The number of hydrogen-bond donors (Lipinski definition) is 0. The highest BCUT2D eigenvalue weighted by Crippen LogP contribution is 2.39. The zero-order valence-electron chi connectivity index (χ0n) is 13.5. The Balaban J connectivity index is 2.22. The fourth-order valence-corrected chi connectivity index (χ4v) is 2.66. The van der Waals surface area contributed by atoms with Crippen LogP contribution in [0.1, 0.15) is 16.7 Å². The van der Waals surface area contributed by atoms with E-state index < -0.39 is 0 Å². The number of carbonyl (C=O) groups is 1. The van der Waals surface area contributed by atoms with Gasteiger partial charge in [0.1, 0.15) is 6.33 Å². The normalized spacial score (nSPS) is 15.0. The van der Waals surface area contributed by atoms with Crippen LogP contribution in [-0.2, 0) is 4.79 Å². The Kier molecular flexibility index (Phi) is 3.73. The SMILES string of the molecule is COc1ncnc(OC)c1/C=C1\C(=O)N(C)c2ccc(C)cc21. The number of ether oxygens (including phenoxy) is 2. The molecule has 1 aliphatic rings. The highest BCUT2D eigenvalue weighted by atomic mass is 16.5. The molecule has 2 aromatic rings. The van der Waals surface area contributed by atoms with E-state index in [0.717, 1.165) is 16.8 Å². The predicted molar refractivity (Wildman–Crippen MR) is 87.6 cm³/mol. The van der Waals surface area contributed by atoms with E-state index in [9.17, 15) is 4.79 Å². The number of aryl methyl sites for hydroxylation is 1. The number of rotatable bonds is 3. The Morgan fingerprint density at radius 2 is 1.78 bits per heavy atom. The van der Waals surface area contributed by atoms with E-state index in [1.165, 1.54) is 20.5 Å². The van der Waals surface area contributed by atoms with E-state index in [0.29, 0.717) is 22.9 Å². The maximum atomic E-state index is 12.6. The molecule has 23 heavy (non-hydrogen) atoms. The second-order valence-corrected chi connectivity index (χ2v) is 5.25. The minimum absolute atomic E-state index is 0.0847. The molecule has 118 valence electrons. The van der Waals surface area contributed by atoms with Gasteiger partial charge in [-0.1, -0.05) is 11.6 Å². The lowest BCUT2D eigenvalue weighted by molar-refractivity contribution is -0.112. The van der Waals surface area contributed by atoms with Crippen LogP contribution < -0.4 is 14.4 Å². The molecule has 1 aromatic heterocycles. The number of likely N-dealkylation sites (N-methyl/N-ethyl adjacent to an activating group) is 1. The average Bonchev–Trinajstić information content (AvgIpc) is 2.79. The van der Waals surface area contributed by atoms with Crippen molar-refractivity contribution in [2.45, 2.75) is 6.92 Å². The summed E-state index contributed by atoms with van der Waals surface area (Å²) in [6, 6.07) is 5.92. The smallest absolute Gasteiger partial charge is 0.258 e. The number of anilines is 1. The molecule has 6 heteroatoms. The molecule has 0 N–H and O–H groups in total. The number of methoxy groups -OCH3 is 2. The highest BCUT2D eigenvalue weighted by Gasteiger charge is 2.30. The molecule has 0 bridgehead atoms. The van der Waals surface area contributed by atoms with Gasteiger partial charge in [0.05, 0.1) is 31.0 Å². The highest BCUT2D eigenvalue weighted by molar-refractivity contribution is 6.35. The van der Waals surface area contributed by atoms with Crippen LogP contribution in [0.3, 0.4) is 0 Å². The summed E-state index contributed by atoms with van der Waals surface area (Å²) in [4.78, 5) is 22.4. The van der Waals surface area contributed by atoms with Gasteiger partial charge < -0.3 is 14.4 Å². The van der Waals surface area contributed by atoms with Crippen LogP contribution in [0.25, 0.3) is 11.6 Å². The lowest BCUT2D eigenvalue weighted by Crippen LogP contribution is -2.20. The molecule has 0 atom stereocenters. The summed E-state index contributed by atoms with van der Waals surface area (Å²) in [6.45, 7) is 1.99. The zero-order valence-corrected chi connectivity index (χ0v) is 13.5. The quantitative estimate of drug-likeness (QED) is 0.814. The van der Waals surface area contributed by atoms with Crippen LogP contribution in [0.5, 0.6) is 11.8 Å². The molecule has 0 saturated carbocycles. The first kappa shape index (κ1) is 15.0. The zero-order chi connectivity index (χ0) is 16.6. The molecular weight excluding hydrogens is 294 g/mol. The molecule has 1 aliphatic heterocycles. The number of carbonyl (C=O) groups excluding carboxylic acids is 1. The minimum atomic E-state index is -0.0847. The van der Waals surface area contributed by atoms with Crippen LogP contribution in [0.4, 0.5) is 5.69 Å². The summed E-state index contributed by atoms with van der Waals surface area (Å²) in [5.74, 6) is 0.639. The molecule has 0 spiro atoms. The fourth-order valence-electron chi connectivity index (χ4n) is 2.66. The van der Waals surface area contributed by atoms with Gasteiger partial charge in [-0.25, -0.2) is 9.97 Å². The van der Waals surface area contributed by atoms with Crippen molar-refractivity contribution < 1.29 is 14.3 Å². The van der Waals surface area contributed by atoms with E-state index in [1.807, 2.05) is 25.1 Å². The van der Waals surface area contributed by atoms with Crippen molar-refractivity contribution in [1.82, 2.24) is 9.97 Å². The average molecular weight is 311 g/mol. The van der Waals surface area contributed by atoms with Crippen molar-refractivity contribution in [1.29, 1.82) is 0 Å². The summed E-state index contributed by atoms with van der Waals surface area (Å²) < 4.78 is 10.5. The van der Waals surface area contributed by atoms with E-state index in [4.69, 9.17) is 9.47 Å². The third kappa shape index (κ3) is 2.42. The van der Waals surface area contributed by atoms with E-state index in [-0.39, 0.29) is 5.91 Å². The van der Waals surface area contributed by atoms with E-state index in [1.54, 1.807) is 18.0 Å². The standard InChI is InChI=1S/C17H17N3O3/c1-10-5-6-14-11(7-10)12(17(21)20(14)2)8-13-15(22-3)18-9-19-16(13)23-4/h5-9H,1-4H3/b12-8-. The Hall–Kier alpha value is -2.89. The van der Waals surface area contributed by atoms with Crippen LogP contribution in [-0.4, -0.2) is 37.1 Å². The largest absolute Gasteiger partial charge is 0.480 e. The summed E-state index contributed by atoms with van der Waals surface area (Å²) in [5, 5.41) is 0. The van der Waals surface area contributed by atoms with Gasteiger partial charge in [-0.05, 0) is 25.1 Å². The Bertz CT molecular complexity index is 792. The fraction of sp³-hybridized carbons (Fsp3) is 0.235. The third-order valence-electron chi connectivity index (χ3n) is 3.82. The van der Waals surface area contributed by atoms with Gasteiger partial charge in [-0.2, -0.15) is 0 Å². The number of aromatic nitrogens is 2. The first-order chi connectivity index (χ1) is 11.1. The monoisotopic (exact) mass is 311 g/mol. The van der Waals surface area contributed by atoms with Crippen molar-refractivity contribution in [2.75, 3.05) is 26.2 Å². The molecule has 2 heterocycles. The number of fused-ring (bicyclic) bond motifs is 1. The van der Waals surface area contributed by atoms with E-state index in [2.05, 4.69) is 9.97 Å². The molecule has 1 amide bonds. The first-order valence-corrected chi connectivity index (χ1v) is 7.10. The van der Waals surface area contributed by atoms with Crippen LogP contribution in [0, 0.1) is 6.92 Å². The van der Waals surface area contributed by atoms with Gasteiger partial charge in [0.25, 0.3) is 5.91 Å². The maximum Gasteiger partial charge on any atom is 0.258 e. The first-order valence-electron chi connectivity index (χ1n) is 7.10. The van der Waals surface area contributed by atoms with Gasteiger partial charge in [0, 0.05) is 12.6 Å². The second-order valence-electron chi connectivity index (χ2n) is 5.25. The topological polar surface area (TPSA) is 64.6 Å². The number of nitrogens with zero attached hydrogens (tertiary/aromatic N) is 3. The molecule has 0 aliphatic carbocycles. The summed E-state index contributed by atoms with van der Waals surface area (Å²) in [5.41, 5.74) is 3.95. The minimum Gasteiger partial charge on any atom is -0.480 e. The molecule has 6 nitrogen and oxygen atoms in total. The molecule has 0 radical (unpaired) electrons. The number of benzene rings is 1. The molecule has 1 aromatic carbocycles. The van der Waals surface area contributed by atoms with Crippen LogP contribution in [0.15, 0.2) is 24.5 Å². The van der Waals surface area contributed by atoms with Crippen LogP contribution in [0.2, 0.25) is 0 Å². The van der Waals surface area contributed by atoms with Gasteiger partial charge in [0.15, 0.2) is 0 Å². The molecule has 0 saturated heterocycles. The van der Waals surface area contributed by atoms with Gasteiger partial charge >= 0.3 is 0 Å². The summed E-state index contributed by atoms with van der Waals surface area (Å²) in [7, 11) is 4.79. The van der Waals surface area contributed by atoms with E-state index >= 15 is 0 Å². The van der Waals surface area contributed by atoms with Crippen LogP contribution >= 0.6 is 0 Å². The third-order valence-corrected chi connectivity index (χ3v) is 3.82. The van der Waals surface area contributed by atoms with Crippen molar-refractivity contribution in [3.8, 4) is 11.8 Å². The van der Waals surface area contributed by atoms with Crippen molar-refractivity contribution in [3.05, 3.63) is 41.2 Å². The second kappa shape index (κ2) is 5.72. The van der Waals surface area contributed by atoms with Crippen molar-refractivity contribution >= 4 is 23.2 Å². The van der Waals surface area contributed by atoms with Gasteiger partial charge in [0.2, 0.25) is 11.8 Å². The number of hydrogen-bond acceptors (Lipinski definition) is 5. The molecule has 0 fully saturated rings. The Labute approximate surface area is 134 Å². The lowest BCUT2D eigenvalue weighted by atomic mass is 10.0. The van der Waals surface area contributed by atoms with Crippen molar-refractivity contribution in [2.24, 2.45) is 0 Å². The summed E-state index contributed by atoms with van der Waals surface area (Å²) in [6.07, 6.45) is 3.09. The molecular formula is C17H17N3O3. The number of amides is 1. The maximum absolute atomic E-state index is 12.6. The van der Waals surface area contributed by atoms with Crippen molar-refractivity contribution in [3.63, 3.8) is 0 Å². The summed E-state index contributed by atoms with van der Waals surface area (Å²) >= 11 is 0. The lowest BCUT2D eigenvalue weighted by Gasteiger charge is -2.09. The molecule has 0 unspecified atom stereocenters. The predicted octanol–water partition coefficient (Wildman–Crippen LogP) is 2.32. The van der Waals surface area contributed by atoms with Gasteiger partial charge in [-0.15, -0.1) is 0 Å². The Morgan fingerprint density at radius 3 is 2.39 bits per heavy atom. The van der Waals surface area contributed by atoms with Gasteiger partial charge in [-0.3, -0.25) is 4.79 Å². The Morgan fingerprint density at radius 1 is 1.13 bits per heavy atom.